The summed E-state index contributed by atoms with van der Waals surface area (Å²) in [5, 5.41) is 10.2. The van der Waals surface area contributed by atoms with Crippen molar-refractivity contribution in [2.45, 2.75) is 64.0 Å². The Balaban J connectivity index is 1.82. The molecule has 1 saturated heterocycles. The van der Waals surface area contributed by atoms with Crippen LogP contribution in [0.25, 0.3) is 0 Å². The third-order valence-electron chi connectivity index (χ3n) is 4.37. The molecule has 0 unspecified atom stereocenters. The predicted octanol–water partition coefficient (Wildman–Crippen LogP) is 2.41. The molecule has 1 aliphatic carbocycles. The van der Waals surface area contributed by atoms with Gasteiger partial charge in [-0.15, -0.1) is 0 Å². The Bertz CT molecular complexity index is 201. The lowest BCUT2D eigenvalue weighted by Crippen LogP contribution is -2.66. The van der Waals surface area contributed by atoms with Crippen LogP contribution >= 0.6 is 0 Å². The molecular weight excluding hydrogens is 186 g/mol. The first kappa shape index (κ1) is 11.4. The number of β-amino-alcohol motifs (C(OH)–C–C–N with tert-alkyl or cyclic N) is 1. The van der Waals surface area contributed by atoms with E-state index < -0.39 is 0 Å². The molecule has 2 fully saturated rings. The smallest absolute Gasteiger partial charge is 0.0923 e. The van der Waals surface area contributed by atoms with Gasteiger partial charge in [0, 0.05) is 19.1 Å². The van der Waals surface area contributed by atoms with Gasteiger partial charge in [0.05, 0.1) is 5.60 Å². The first-order chi connectivity index (χ1) is 7.12. The van der Waals surface area contributed by atoms with E-state index in [9.17, 15) is 5.11 Å². The summed E-state index contributed by atoms with van der Waals surface area (Å²) in [6.45, 7) is 6.08. The van der Waals surface area contributed by atoms with Crippen LogP contribution in [-0.4, -0.2) is 34.7 Å². The molecule has 2 heteroatoms. The van der Waals surface area contributed by atoms with Gasteiger partial charge in [0.1, 0.15) is 0 Å². The lowest BCUT2D eigenvalue weighted by Gasteiger charge is -2.52. The van der Waals surface area contributed by atoms with Crippen LogP contribution in [-0.2, 0) is 0 Å². The summed E-state index contributed by atoms with van der Waals surface area (Å²) in [4.78, 5) is 2.51. The molecule has 0 amide bonds. The van der Waals surface area contributed by atoms with Gasteiger partial charge in [-0.25, -0.2) is 0 Å². The quantitative estimate of drug-likeness (QED) is 0.709. The van der Waals surface area contributed by atoms with Crippen LogP contribution < -0.4 is 0 Å². The minimum atomic E-state index is -0.383. The summed E-state index contributed by atoms with van der Waals surface area (Å²) in [6.07, 6.45) is 8.32. The van der Waals surface area contributed by atoms with Crippen molar-refractivity contribution in [1.29, 1.82) is 0 Å². The van der Waals surface area contributed by atoms with Crippen molar-refractivity contribution in [2.75, 3.05) is 13.1 Å². The zero-order valence-electron chi connectivity index (χ0n) is 10.2. The zero-order valence-corrected chi connectivity index (χ0v) is 10.2. The lowest BCUT2D eigenvalue weighted by atomic mass is 9.81. The van der Waals surface area contributed by atoms with Crippen molar-refractivity contribution in [3.8, 4) is 0 Å². The Labute approximate surface area is 93.7 Å². The van der Waals surface area contributed by atoms with Crippen molar-refractivity contribution >= 4 is 0 Å². The molecule has 1 saturated carbocycles. The van der Waals surface area contributed by atoms with E-state index in [4.69, 9.17) is 0 Å². The van der Waals surface area contributed by atoms with Crippen LogP contribution in [0, 0.1) is 5.92 Å². The average Bonchev–Trinajstić information content (AvgIpc) is 2.40. The molecule has 1 aliphatic heterocycles. The molecule has 0 aromatic rings. The average molecular weight is 211 g/mol. The van der Waals surface area contributed by atoms with E-state index in [1.165, 1.54) is 38.5 Å². The lowest BCUT2D eigenvalue weighted by molar-refractivity contribution is -0.143. The van der Waals surface area contributed by atoms with Crippen molar-refractivity contribution in [3.05, 3.63) is 0 Å². The van der Waals surface area contributed by atoms with Gasteiger partial charge in [-0.3, -0.25) is 4.90 Å². The number of aliphatic hydroxyl groups is 1. The van der Waals surface area contributed by atoms with Crippen LogP contribution in [0.1, 0.15) is 52.4 Å². The van der Waals surface area contributed by atoms with Gasteiger partial charge >= 0.3 is 0 Å². The highest BCUT2D eigenvalue weighted by atomic mass is 16.3. The third kappa shape index (κ3) is 2.36. The third-order valence-corrected chi connectivity index (χ3v) is 4.37. The molecular formula is C13H25NO. The summed E-state index contributed by atoms with van der Waals surface area (Å²) in [7, 11) is 0. The molecule has 2 rings (SSSR count). The van der Waals surface area contributed by atoms with E-state index >= 15 is 0 Å². The van der Waals surface area contributed by atoms with Crippen LogP contribution in [0.15, 0.2) is 0 Å². The molecule has 0 aromatic carbocycles. The first-order valence-corrected chi connectivity index (χ1v) is 6.58. The highest BCUT2D eigenvalue weighted by Crippen LogP contribution is 2.33. The number of likely N-dealkylation sites (tertiary alicyclic amines) is 1. The molecule has 15 heavy (non-hydrogen) atoms. The molecule has 0 bridgehead atoms. The van der Waals surface area contributed by atoms with Crippen LogP contribution in [0.5, 0.6) is 0 Å². The van der Waals surface area contributed by atoms with E-state index in [1.807, 2.05) is 0 Å². The topological polar surface area (TPSA) is 23.5 Å². The largest absolute Gasteiger partial charge is 0.387 e. The first-order valence-electron chi connectivity index (χ1n) is 6.58. The Kier molecular flexibility index (Phi) is 3.36. The Hall–Kier alpha value is -0.0800. The highest BCUT2D eigenvalue weighted by molar-refractivity contribution is 5.00. The normalized spacial score (nSPS) is 28.8. The van der Waals surface area contributed by atoms with Crippen LogP contribution in [0.2, 0.25) is 0 Å². The standard InChI is InChI=1S/C13H25NO/c1-11(2)13(15)9-14(10-13)12-7-5-3-4-6-8-12/h11-12,15H,3-10H2,1-2H3. The fourth-order valence-electron chi connectivity index (χ4n) is 2.90. The Morgan fingerprint density at radius 1 is 1.07 bits per heavy atom. The molecule has 1 N–H and O–H groups in total. The van der Waals surface area contributed by atoms with Crippen molar-refractivity contribution in [1.82, 2.24) is 4.90 Å². The van der Waals surface area contributed by atoms with E-state index in [-0.39, 0.29) is 5.60 Å². The van der Waals surface area contributed by atoms with E-state index in [2.05, 4.69) is 18.7 Å². The minimum absolute atomic E-state index is 0.383. The van der Waals surface area contributed by atoms with E-state index in [0.29, 0.717) is 5.92 Å². The highest BCUT2D eigenvalue weighted by Gasteiger charge is 2.45. The maximum atomic E-state index is 10.2. The minimum Gasteiger partial charge on any atom is -0.387 e. The maximum absolute atomic E-state index is 10.2. The van der Waals surface area contributed by atoms with Crippen molar-refractivity contribution in [3.63, 3.8) is 0 Å². The number of rotatable bonds is 2. The number of nitrogens with zero attached hydrogens (tertiary/aromatic N) is 1. The predicted molar refractivity (Wildman–Crippen MR) is 62.9 cm³/mol. The molecule has 0 aromatic heterocycles. The summed E-state index contributed by atoms with van der Waals surface area (Å²) < 4.78 is 0. The fraction of sp³-hybridized carbons (Fsp3) is 1.00. The SMILES string of the molecule is CC(C)C1(O)CN(C2CCCCCC2)C1. The fourth-order valence-corrected chi connectivity index (χ4v) is 2.90. The summed E-state index contributed by atoms with van der Waals surface area (Å²) in [5.74, 6) is 0.402. The van der Waals surface area contributed by atoms with Crippen molar-refractivity contribution < 1.29 is 5.11 Å². The summed E-state index contributed by atoms with van der Waals surface area (Å²) in [5.41, 5.74) is -0.383. The summed E-state index contributed by atoms with van der Waals surface area (Å²) in [6, 6.07) is 0.770. The number of hydrogen-bond acceptors (Lipinski definition) is 2. The monoisotopic (exact) mass is 211 g/mol. The number of hydrogen-bond donors (Lipinski definition) is 1. The second kappa shape index (κ2) is 4.42. The molecule has 2 nitrogen and oxygen atoms in total. The van der Waals surface area contributed by atoms with E-state index in [0.717, 1.165) is 19.1 Å². The van der Waals surface area contributed by atoms with Gasteiger partial charge in [0.25, 0.3) is 0 Å². The van der Waals surface area contributed by atoms with Gasteiger partial charge in [-0.1, -0.05) is 39.5 Å². The Morgan fingerprint density at radius 2 is 1.60 bits per heavy atom. The molecule has 88 valence electrons. The molecule has 0 atom stereocenters. The maximum Gasteiger partial charge on any atom is 0.0923 e. The summed E-state index contributed by atoms with van der Waals surface area (Å²) >= 11 is 0. The molecule has 0 spiro atoms. The van der Waals surface area contributed by atoms with Crippen molar-refractivity contribution in [2.24, 2.45) is 5.92 Å². The van der Waals surface area contributed by atoms with Crippen LogP contribution in [0.3, 0.4) is 0 Å². The second-order valence-electron chi connectivity index (χ2n) is 5.81. The second-order valence-corrected chi connectivity index (χ2v) is 5.81. The van der Waals surface area contributed by atoms with Gasteiger partial charge in [0.2, 0.25) is 0 Å². The van der Waals surface area contributed by atoms with Gasteiger partial charge in [-0.2, -0.15) is 0 Å². The molecule has 0 radical (unpaired) electrons. The van der Waals surface area contributed by atoms with Gasteiger partial charge in [-0.05, 0) is 18.8 Å². The molecule has 2 aliphatic rings. The van der Waals surface area contributed by atoms with E-state index in [1.54, 1.807) is 0 Å². The van der Waals surface area contributed by atoms with Crippen LogP contribution in [0.4, 0.5) is 0 Å². The van der Waals surface area contributed by atoms with Gasteiger partial charge < -0.3 is 5.11 Å². The van der Waals surface area contributed by atoms with Gasteiger partial charge in [0.15, 0.2) is 0 Å². The molecule has 1 heterocycles. The Morgan fingerprint density at radius 3 is 2.07 bits per heavy atom. The zero-order chi connectivity index (χ0) is 10.9.